The number of nitrogens with zero attached hydrogens (tertiary/aromatic N) is 1. The fourth-order valence-corrected chi connectivity index (χ4v) is 5.06. The van der Waals surface area contributed by atoms with Crippen molar-refractivity contribution in [3.8, 4) is 0 Å². The van der Waals surface area contributed by atoms with Crippen LogP contribution in [-0.4, -0.2) is 20.7 Å². The minimum Gasteiger partial charge on any atom is -0.398 e. The largest absolute Gasteiger partial charge is 0.398 e. The third kappa shape index (κ3) is 5.59. The molecule has 0 spiro atoms. The highest BCUT2D eigenvalue weighted by atomic mass is 32.2. The Hall–Kier alpha value is -1.88. The van der Waals surface area contributed by atoms with E-state index < -0.39 is 22.4 Å². The second kappa shape index (κ2) is 9.75. The van der Waals surface area contributed by atoms with E-state index in [1.165, 1.54) is 49.2 Å². The quantitative estimate of drug-likeness (QED) is 0.524. The molecule has 2 aromatic heterocycles. The maximum Gasteiger partial charge on any atom is 0.204 e. The molecule has 0 aromatic carbocycles. The summed E-state index contributed by atoms with van der Waals surface area (Å²) in [6, 6.07) is 1.09. The van der Waals surface area contributed by atoms with E-state index in [-0.39, 0.29) is 15.5 Å². The molecule has 0 saturated carbocycles. The van der Waals surface area contributed by atoms with Gasteiger partial charge in [0.15, 0.2) is 0 Å². The molecule has 7 nitrogen and oxygen atoms in total. The lowest BCUT2D eigenvalue weighted by Crippen LogP contribution is -2.14. The SMILES string of the molecule is CC(C)(O)c1sc(S(N)=O)cc1F.NC=O.Nc1c2c(nc3c1CCC3)CCC2. The molecule has 1 unspecified atom stereocenters. The van der Waals surface area contributed by atoms with E-state index in [4.69, 9.17) is 20.7 Å². The molecule has 7 N–H and O–H groups in total. The van der Waals surface area contributed by atoms with Crippen LogP contribution in [0.15, 0.2) is 10.3 Å². The average molecular weight is 443 g/mol. The number of nitrogen functional groups attached to an aromatic ring is 1. The number of amides is 1. The zero-order valence-electron chi connectivity index (χ0n) is 16.5. The van der Waals surface area contributed by atoms with E-state index in [9.17, 15) is 13.7 Å². The Morgan fingerprint density at radius 3 is 2.03 bits per heavy atom. The van der Waals surface area contributed by atoms with Crippen molar-refractivity contribution >= 4 is 34.4 Å². The maximum atomic E-state index is 13.1. The van der Waals surface area contributed by atoms with Gasteiger partial charge < -0.3 is 16.6 Å². The van der Waals surface area contributed by atoms with Crippen LogP contribution in [0.2, 0.25) is 0 Å². The van der Waals surface area contributed by atoms with E-state index in [0.717, 1.165) is 48.8 Å². The number of aromatic nitrogens is 1. The molecule has 2 heterocycles. The molecule has 0 saturated heterocycles. The third-order valence-electron chi connectivity index (χ3n) is 4.72. The van der Waals surface area contributed by atoms with Crippen molar-refractivity contribution in [2.45, 2.75) is 62.2 Å². The molecule has 29 heavy (non-hydrogen) atoms. The van der Waals surface area contributed by atoms with Crippen LogP contribution in [0.3, 0.4) is 0 Å². The number of anilines is 1. The first-order valence-corrected chi connectivity index (χ1v) is 11.3. The monoisotopic (exact) mass is 442 g/mol. The molecule has 2 aromatic rings. The molecule has 0 fully saturated rings. The van der Waals surface area contributed by atoms with Crippen molar-refractivity contribution in [1.29, 1.82) is 0 Å². The van der Waals surface area contributed by atoms with Crippen molar-refractivity contribution in [2.24, 2.45) is 10.9 Å². The highest BCUT2D eigenvalue weighted by Crippen LogP contribution is 2.34. The van der Waals surface area contributed by atoms with Crippen molar-refractivity contribution in [3.63, 3.8) is 0 Å². The Morgan fingerprint density at radius 1 is 1.21 bits per heavy atom. The molecule has 2 aliphatic rings. The first kappa shape index (κ1) is 23.4. The molecule has 0 aliphatic heterocycles. The van der Waals surface area contributed by atoms with Crippen LogP contribution in [0.5, 0.6) is 0 Å². The van der Waals surface area contributed by atoms with Crippen LogP contribution in [0.1, 0.15) is 54.1 Å². The van der Waals surface area contributed by atoms with Gasteiger partial charge in [-0.15, -0.1) is 11.3 Å². The first-order valence-electron chi connectivity index (χ1n) is 9.22. The van der Waals surface area contributed by atoms with E-state index >= 15 is 0 Å². The summed E-state index contributed by atoms with van der Waals surface area (Å²) in [6.45, 7) is 2.93. The number of nitrogens with two attached hydrogens (primary N) is 3. The van der Waals surface area contributed by atoms with E-state index in [1.54, 1.807) is 0 Å². The van der Waals surface area contributed by atoms with Crippen molar-refractivity contribution in [3.05, 3.63) is 39.3 Å². The number of carbonyl (C=O) groups excluding carboxylic acids is 1. The molecular weight excluding hydrogens is 415 g/mol. The van der Waals surface area contributed by atoms with Crippen LogP contribution >= 0.6 is 11.3 Å². The fourth-order valence-electron chi connectivity index (χ4n) is 3.49. The summed E-state index contributed by atoms with van der Waals surface area (Å²) in [6.07, 6.45) is 7.34. The minimum absolute atomic E-state index is 0.154. The van der Waals surface area contributed by atoms with Crippen LogP contribution in [0, 0.1) is 5.82 Å². The average Bonchev–Trinajstić information content (AvgIpc) is 3.34. The summed E-state index contributed by atoms with van der Waals surface area (Å²) in [5, 5.41) is 14.6. The van der Waals surface area contributed by atoms with Gasteiger partial charge in [-0.25, -0.2) is 13.7 Å². The normalized spacial score (nSPS) is 15.3. The number of carbonyl (C=O) groups is 1. The summed E-state index contributed by atoms with van der Waals surface area (Å²) in [5.74, 6) is -0.564. The zero-order chi connectivity index (χ0) is 21.8. The van der Waals surface area contributed by atoms with Crippen molar-refractivity contribution < 1.29 is 18.5 Å². The molecule has 0 bridgehead atoms. The number of halogens is 1. The smallest absolute Gasteiger partial charge is 0.204 e. The van der Waals surface area contributed by atoms with E-state index in [2.05, 4.69) is 5.73 Å². The van der Waals surface area contributed by atoms with Gasteiger partial charge in [0, 0.05) is 23.1 Å². The number of fused-ring (bicyclic) bond motifs is 2. The van der Waals surface area contributed by atoms with E-state index in [1.807, 2.05) is 0 Å². The van der Waals surface area contributed by atoms with Crippen LogP contribution in [-0.2, 0) is 47.1 Å². The lowest BCUT2D eigenvalue weighted by Gasteiger charge is -2.14. The van der Waals surface area contributed by atoms with Gasteiger partial charge in [0.1, 0.15) is 21.0 Å². The highest BCUT2D eigenvalue weighted by Gasteiger charge is 2.25. The Morgan fingerprint density at radius 2 is 1.69 bits per heavy atom. The predicted molar refractivity (Wildman–Crippen MR) is 113 cm³/mol. The van der Waals surface area contributed by atoms with Gasteiger partial charge in [0.05, 0.1) is 10.5 Å². The summed E-state index contributed by atoms with van der Waals surface area (Å²) in [4.78, 5) is 13.5. The number of aliphatic hydroxyl groups is 1. The van der Waals surface area contributed by atoms with Crippen LogP contribution in [0.4, 0.5) is 10.1 Å². The fraction of sp³-hybridized carbons (Fsp3) is 0.474. The van der Waals surface area contributed by atoms with Gasteiger partial charge in [-0.05, 0) is 63.5 Å². The number of primary amides is 1. The molecule has 160 valence electrons. The Kier molecular flexibility index (Phi) is 7.87. The molecule has 10 heteroatoms. The predicted octanol–water partition coefficient (Wildman–Crippen LogP) is 1.84. The van der Waals surface area contributed by atoms with Gasteiger partial charge >= 0.3 is 0 Å². The van der Waals surface area contributed by atoms with Gasteiger partial charge in [-0.1, -0.05) is 0 Å². The minimum atomic E-state index is -1.69. The lowest BCUT2D eigenvalue weighted by molar-refractivity contribution is -0.106. The summed E-state index contributed by atoms with van der Waals surface area (Å²) >= 11 is 0.924. The molecule has 1 atom stereocenters. The number of thiophene rings is 1. The molecule has 4 rings (SSSR count). The lowest BCUT2D eigenvalue weighted by atomic mass is 10.1. The maximum absolute atomic E-state index is 13.1. The number of aryl methyl sites for hydroxylation is 2. The first-order chi connectivity index (χ1) is 13.6. The van der Waals surface area contributed by atoms with Crippen LogP contribution < -0.4 is 16.6 Å². The Balaban J connectivity index is 0.000000183. The number of rotatable bonds is 2. The topological polar surface area (TPSA) is 145 Å². The van der Waals surface area contributed by atoms with Gasteiger partial charge in [0.25, 0.3) is 0 Å². The highest BCUT2D eigenvalue weighted by molar-refractivity contribution is 7.85. The summed E-state index contributed by atoms with van der Waals surface area (Å²) in [7, 11) is -1.69. The van der Waals surface area contributed by atoms with Crippen molar-refractivity contribution in [2.75, 3.05) is 5.73 Å². The molecular formula is C19H27FN4O3S2. The summed E-state index contributed by atoms with van der Waals surface area (Å²) < 4.78 is 24.1. The number of pyridine rings is 1. The van der Waals surface area contributed by atoms with Crippen LogP contribution in [0.25, 0.3) is 0 Å². The van der Waals surface area contributed by atoms with Crippen molar-refractivity contribution in [1.82, 2.24) is 4.98 Å². The molecule has 1 amide bonds. The number of hydrogen-bond acceptors (Lipinski definition) is 6. The Bertz CT molecular complexity index is 878. The van der Waals surface area contributed by atoms with Gasteiger partial charge in [0.2, 0.25) is 6.41 Å². The third-order valence-corrected chi connectivity index (χ3v) is 7.19. The molecule has 2 aliphatic carbocycles. The zero-order valence-corrected chi connectivity index (χ0v) is 18.2. The second-order valence-electron chi connectivity index (χ2n) is 7.32. The summed E-state index contributed by atoms with van der Waals surface area (Å²) in [5.41, 5.74) is 15.4. The van der Waals surface area contributed by atoms with Gasteiger partial charge in [-0.3, -0.25) is 9.78 Å². The van der Waals surface area contributed by atoms with E-state index in [0.29, 0.717) is 0 Å². The second-order valence-corrected chi connectivity index (χ2v) is 9.66. The number of hydrogen-bond donors (Lipinski definition) is 4. The standard InChI is InChI=1S/C11H14N2.C7H10FNO2S2.CH3NO/c12-11-7-3-1-5-9(7)13-10-6-2-4-8(10)11;1-7(2,10)6-4(8)3-5(12-6)13(9)11;2-1-3/h1-6H2,(H2,12,13);3,10H,9H2,1-2H3;1H,(H2,2,3). The Labute approximate surface area is 176 Å². The van der Waals surface area contributed by atoms with Gasteiger partial charge in [-0.2, -0.15) is 0 Å². The molecule has 0 radical (unpaired) electrons.